The Morgan fingerprint density at radius 2 is 2.06 bits per heavy atom. The first-order valence-electron chi connectivity index (χ1n) is 6.25. The molecule has 0 aromatic carbocycles. The molecule has 2 aliphatic rings. The second kappa shape index (κ2) is 4.63. The molecule has 2 heterocycles. The molecule has 16 heavy (non-hydrogen) atoms. The quantitative estimate of drug-likeness (QED) is 0.765. The molecule has 3 atom stereocenters. The van der Waals surface area contributed by atoms with Crippen LogP contribution >= 0.6 is 0 Å². The molecule has 0 saturated carbocycles. The second-order valence-corrected chi connectivity index (χ2v) is 7.26. The van der Waals surface area contributed by atoms with Crippen molar-refractivity contribution in [3.8, 4) is 0 Å². The van der Waals surface area contributed by atoms with E-state index in [1.165, 1.54) is 19.3 Å². The largest absolute Gasteiger partial charge is 0.325 e. The summed E-state index contributed by atoms with van der Waals surface area (Å²) in [5.74, 6) is 0.440. The average molecular weight is 246 g/mol. The molecule has 2 fully saturated rings. The maximum absolute atomic E-state index is 11.6. The first-order valence-corrected chi connectivity index (χ1v) is 8.07. The van der Waals surface area contributed by atoms with Crippen LogP contribution in [0.1, 0.15) is 32.6 Å². The Morgan fingerprint density at radius 3 is 2.62 bits per heavy atom. The standard InChI is InChI=1S/C11H22N2O2S/c1-2-9-5-3-4-6-13(9)11-8-16(14,15)7-10(11)12/h9-11H,2-8,12H2,1H3. The zero-order chi connectivity index (χ0) is 11.8. The molecule has 2 saturated heterocycles. The molecule has 2 aliphatic heterocycles. The smallest absolute Gasteiger partial charge is 0.153 e. The van der Waals surface area contributed by atoms with Crippen molar-refractivity contribution in [3.63, 3.8) is 0 Å². The van der Waals surface area contributed by atoms with Crippen molar-refractivity contribution < 1.29 is 8.42 Å². The van der Waals surface area contributed by atoms with E-state index in [2.05, 4.69) is 11.8 Å². The molecule has 5 heteroatoms. The lowest BCUT2D eigenvalue weighted by molar-refractivity contribution is 0.0953. The van der Waals surface area contributed by atoms with E-state index in [1.54, 1.807) is 0 Å². The molecular weight excluding hydrogens is 224 g/mol. The summed E-state index contributed by atoms with van der Waals surface area (Å²) in [5.41, 5.74) is 5.98. The Kier molecular flexibility index (Phi) is 3.56. The summed E-state index contributed by atoms with van der Waals surface area (Å²) in [4.78, 5) is 2.36. The van der Waals surface area contributed by atoms with Gasteiger partial charge < -0.3 is 5.73 Å². The third-order valence-corrected chi connectivity index (χ3v) is 5.68. The number of nitrogens with two attached hydrogens (primary N) is 1. The van der Waals surface area contributed by atoms with E-state index in [0.29, 0.717) is 6.04 Å². The SMILES string of the molecule is CCC1CCCCN1C1CS(=O)(=O)CC1N. The monoisotopic (exact) mass is 246 g/mol. The van der Waals surface area contributed by atoms with Crippen LogP contribution in [-0.2, 0) is 9.84 Å². The topological polar surface area (TPSA) is 63.4 Å². The summed E-state index contributed by atoms with van der Waals surface area (Å²) in [6.45, 7) is 3.20. The van der Waals surface area contributed by atoms with Gasteiger partial charge in [0, 0.05) is 18.1 Å². The van der Waals surface area contributed by atoms with Crippen LogP contribution in [0.4, 0.5) is 0 Å². The lowest BCUT2D eigenvalue weighted by atomic mass is 9.96. The fourth-order valence-corrected chi connectivity index (χ4v) is 5.00. The van der Waals surface area contributed by atoms with E-state index in [4.69, 9.17) is 5.73 Å². The fourth-order valence-electron chi connectivity index (χ4n) is 3.10. The molecule has 0 aromatic heterocycles. The number of hydrogen-bond donors (Lipinski definition) is 1. The molecule has 2 N–H and O–H groups in total. The van der Waals surface area contributed by atoms with Crippen molar-refractivity contribution in [1.29, 1.82) is 0 Å². The zero-order valence-corrected chi connectivity index (χ0v) is 10.7. The van der Waals surface area contributed by atoms with Gasteiger partial charge in [-0.3, -0.25) is 4.90 Å². The van der Waals surface area contributed by atoms with E-state index in [1.807, 2.05) is 0 Å². The first kappa shape index (κ1) is 12.3. The number of piperidine rings is 1. The van der Waals surface area contributed by atoms with Gasteiger partial charge >= 0.3 is 0 Å². The molecular formula is C11H22N2O2S. The number of nitrogens with zero attached hydrogens (tertiary/aromatic N) is 1. The van der Waals surface area contributed by atoms with Gasteiger partial charge in [-0.2, -0.15) is 0 Å². The highest BCUT2D eigenvalue weighted by Gasteiger charge is 2.41. The molecule has 0 amide bonds. The maximum Gasteiger partial charge on any atom is 0.153 e. The Morgan fingerprint density at radius 1 is 1.31 bits per heavy atom. The highest BCUT2D eigenvalue weighted by molar-refractivity contribution is 7.91. The Bertz CT molecular complexity index is 342. The van der Waals surface area contributed by atoms with E-state index in [0.717, 1.165) is 13.0 Å². The lowest BCUT2D eigenvalue weighted by Crippen LogP contribution is -2.53. The summed E-state index contributed by atoms with van der Waals surface area (Å²) in [7, 11) is -2.89. The summed E-state index contributed by atoms with van der Waals surface area (Å²) >= 11 is 0. The summed E-state index contributed by atoms with van der Waals surface area (Å²) < 4.78 is 23.2. The first-order chi connectivity index (χ1) is 7.53. The number of likely N-dealkylation sites (tertiary alicyclic amines) is 1. The van der Waals surface area contributed by atoms with Gasteiger partial charge in [0.2, 0.25) is 0 Å². The molecule has 2 rings (SSSR count). The molecule has 4 nitrogen and oxygen atoms in total. The molecule has 0 aromatic rings. The lowest BCUT2D eigenvalue weighted by Gasteiger charge is -2.40. The summed E-state index contributed by atoms with van der Waals surface area (Å²) in [6, 6.07) is 0.422. The Balaban J connectivity index is 2.11. The number of hydrogen-bond acceptors (Lipinski definition) is 4. The second-order valence-electron chi connectivity index (χ2n) is 5.10. The predicted molar refractivity (Wildman–Crippen MR) is 65.1 cm³/mol. The van der Waals surface area contributed by atoms with Gasteiger partial charge in [-0.25, -0.2) is 8.42 Å². The van der Waals surface area contributed by atoms with Crippen molar-refractivity contribution in [2.24, 2.45) is 5.73 Å². The van der Waals surface area contributed by atoms with E-state index < -0.39 is 9.84 Å². The van der Waals surface area contributed by atoms with E-state index in [-0.39, 0.29) is 23.6 Å². The van der Waals surface area contributed by atoms with Crippen LogP contribution in [0.2, 0.25) is 0 Å². The van der Waals surface area contributed by atoms with Gasteiger partial charge in [0.15, 0.2) is 9.84 Å². The Labute approximate surface area is 98.1 Å². The van der Waals surface area contributed by atoms with Gasteiger partial charge in [0.1, 0.15) is 0 Å². The molecule has 0 bridgehead atoms. The maximum atomic E-state index is 11.6. The van der Waals surface area contributed by atoms with Crippen molar-refractivity contribution in [2.45, 2.75) is 50.7 Å². The predicted octanol–water partition coefficient (Wildman–Crippen LogP) is 0.375. The summed E-state index contributed by atoms with van der Waals surface area (Å²) in [6.07, 6.45) is 4.74. The number of sulfone groups is 1. The van der Waals surface area contributed by atoms with Crippen molar-refractivity contribution in [2.75, 3.05) is 18.1 Å². The van der Waals surface area contributed by atoms with E-state index >= 15 is 0 Å². The van der Waals surface area contributed by atoms with Gasteiger partial charge in [-0.15, -0.1) is 0 Å². The van der Waals surface area contributed by atoms with Crippen LogP contribution in [0.5, 0.6) is 0 Å². The van der Waals surface area contributed by atoms with Crippen molar-refractivity contribution in [1.82, 2.24) is 4.90 Å². The van der Waals surface area contributed by atoms with Crippen molar-refractivity contribution in [3.05, 3.63) is 0 Å². The number of rotatable bonds is 2. The zero-order valence-electron chi connectivity index (χ0n) is 9.93. The van der Waals surface area contributed by atoms with E-state index in [9.17, 15) is 8.42 Å². The minimum Gasteiger partial charge on any atom is -0.325 e. The third-order valence-electron chi connectivity index (χ3n) is 3.94. The van der Waals surface area contributed by atoms with Crippen LogP contribution in [-0.4, -0.2) is 49.5 Å². The van der Waals surface area contributed by atoms with Crippen LogP contribution in [0.25, 0.3) is 0 Å². The van der Waals surface area contributed by atoms with Crippen LogP contribution < -0.4 is 5.73 Å². The van der Waals surface area contributed by atoms with Crippen molar-refractivity contribution >= 4 is 9.84 Å². The van der Waals surface area contributed by atoms with Crippen LogP contribution in [0.15, 0.2) is 0 Å². The summed E-state index contributed by atoms with van der Waals surface area (Å²) in [5, 5.41) is 0. The van der Waals surface area contributed by atoms with Gasteiger partial charge in [0.05, 0.1) is 11.5 Å². The van der Waals surface area contributed by atoms with Crippen LogP contribution in [0.3, 0.4) is 0 Å². The third kappa shape index (κ3) is 2.41. The van der Waals surface area contributed by atoms with Gasteiger partial charge in [-0.1, -0.05) is 13.3 Å². The highest BCUT2D eigenvalue weighted by atomic mass is 32.2. The minimum absolute atomic E-state index is 0.0650. The normalized spacial score (nSPS) is 40.0. The Hall–Kier alpha value is -0.130. The molecule has 3 unspecified atom stereocenters. The molecule has 94 valence electrons. The minimum atomic E-state index is -2.89. The van der Waals surface area contributed by atoms with Gasteiger partial charge in [-0.05, 0) is 25.8 Å². The van der Waals surface area contributed by atoms with Gasteiger partial charge in [0.25, 0.3) is 0 Å². The molecule has 0 radical (unpaired) electrons. The fraction of sp³-hybridized carbons (Fsp3) is 1.00. The van der Waals surface area contributed by atoms with Crippen LogP contribution in [0, 0.1) is 0 Å². The highest BCUT2D eigenvalue weighted by Crippen LogP contribution is 2.26. The average Bonchev–Trinajstić information content (AvgIpc) is 2.52. The molecule has 0 aliphatic carbocycles. The molecule has 0 spiro atoms.